The standard InChI is InChI=1S/C13H16N2O5S/c1-8-3-4-9(15(19)20)7-10(8)12(16)14-11(13(17)18)5-6-21-2/h3-4,7,11H,5-6H2,1-2H3,(H,14,16)(H,17,18). The van der Waals surface area contributed by atoms with Gasteiger partial charge >= 0.3 is 5.97 Å². The monoisotopic (exact) mass is 312 g/mol. The molecule has 8 heteroatoms. The van der Waals surface area contributed by atoms with E-state index in [1.54, 1.807) is 6.92 Å². The lowest BCUT2D eigenvalue weighted by atomic mass is 10.1. The predicted molar refractivity (Wildman–Crippen MR) is 79.7 cm³/mol. The van der Waals surface area contributed by atoms with Gasteiger partial charge in [0.05, 0.1) is 4.92 Å². The van der Waals surface area contributed by atoms with E-state index in [0.717, 1.165) is 6.07 Å². The second-order valence-corrected chi connectivity index (χ2v) is 5.39. The average molecular weight is 312 g/mol. The molecule has 1 atom stereocenters. The molecule has 0 bridgehead atoms. The van der Waals surface area contributed by atoms with Gasteiger partial charge in [-0.25, -0.2) is 4.79 Å². The van der Waals surface area contributed by atoms with Crippen LogP contribution in [0.5, 0.6) is 0 Å². The minimum Gasteiger partial charge on any atom is -0.480 e. The van der Waals surface area contributed by atoms with E-state index in [9.17, 15) is 19.7 Å². The van der Waals surface area contributed by atoms with Crippen molar-refractivity contribution in [2.75, 3.05) is 12.0 Å². The fourth-order valence-corrected chi connectivity index (χ4v) is 2.17. The molecule has 1 unspecified atom stereocenters. The van der Waals surface area contributed by atoms with E-state index in [1.165, 1.54) is 23.9 Å². The number of non-ortho nitro benzene ring substituents is 1. The highest BCUT2D eigenvalue weighted by molar-refractivity contribution is 7.98. The van der Waals surface area contributed by atoms with Crippen molar-refractivity contribution in [3.8, 4) is 0 Å². The van der Waals surface area contributed by atoms with E-state index in [4.69, 9.17) is 5.11 Å². The molecule has 7 nitrogen and oxygen atoms in total. The number of amides is 1. The Kier molecular flexibility index (Phi) is 6.16. The Morgan fingerprint density at radius 3 is 2.67 bits per heavy atom. The second kappa shape index (κ2) is 7.63. The normalized spacial score (nSPS) is 11.7. The minimum absolute atomic E-state index is 0.111. The van der Waals surface area contributed by atoms with Crippen LogP contribution in [0.3, 0.4) is 0 Å². The summed E-state index contributed by atoms with van der Waals surface area (Å²) in [7, 11) is 0. The third kappa shape index (κ3) is 4.75. The van der Waals surface area contributed by atoms with E-state index in [-0.39, 0.29) is 17.7 Å². The highest BCUT2D eigenvalue weighted by Crippen LogP contribution is 2.17. The van der Waals surface area contributed by atoms with Gasteiger partial charge in [0.25, 0.3) is 11.6 Å². The Hall–Kier alpha value is -2.09. The molecular weight excluding hydrogens is 296 g/mol. The van der Waals surface area contributed by atoms with Crippen molar-refractivity contribution in [3.63, 3.8) is 0 Å². The van der Waals surface area contributed by atoms with Crippen molar-refractivity contribution in [2.24, 2.45) is 0 Å². The third-order valence-electron chi connectivity index (χ3n) is 2.89. The van der Waals surface area contributed by atoms with Gasteiger partial charge in [-0.1, -0.05) is 6.07 Å². The maximum Gasteiger partial charge on any atom is 0.326 e. The molecule has 0 aliphatic rings. The fraction of sp³-hybridized carbons (Fsp3) is 0.385. The van der Waals surface area contributed by atoms with Crippen molar-refractivity contribution < 1.29 is 19.6 Å². The number of nitrogens with one attached hydrogen (secondary N) is 1. The number of benzene rings is 1. The van der Waals surface area contributed by atoms with Gasteiger partial charge in [-0.3, -0.25) is 14.9 Å². The van der Waals surface area contributed by atoms with Crippen LogP contribution in [0.1, 0.15) is 22.3 Å². The molecular formula is C13H16N2O5S. The van der Waals surface area contributed by atoms with Gasteiger partial charge in [-0.2, -0.15) is 11.8 Å². The molecule has 1 rings (SSSR count). The molecule has 2 N–H and O–H groups in total. The first-order valence-electron chi connectivity index (χ1n) is 6.14. The van der Waals surface area contributed by atoms with Gasteiger partial charge in [0.15, 0.2) is 0 Å². The van der Waals surface area contributed by atoms with Crippen LogP contribution in [0.25, 0.3) is 0 Å². The maximum absolute atomic E-state index is 12.1. The topological polar surface area (TPSA) is 110 Å². The van der Waals surface area contributed by atoms with Crippen molar-refractivity contribution >= 4 is 29.3 Å². The quantitative estimate of drug-likeness (QED) is 0.587. The number of carboxylic acids is 1. The van der Waals surface area contributed by atoms with Crippen molar-refractivity contribution in [1.29, 1.82) is 0 Å². The summed E-state index contributed by atoms with van der Waals surface area (Å²) in [5.41, 5.74) is 0.452. The van der Waals surface area contributed by atoms with Gasteiger partial charge < -0.3 is 10.4 Å². The number of nitrogens with zero attached hydrogens (tertiary/aromatic N) is 1. The van der Waals surface area contributed by atoms with Crippen molar-refractivity contribution in [2.45, 2.75) is 19.4 Å². The van der Waals surface area contributed by atoms with Crippen LogP contribution in [-0.2, 0) is 4.79 Å². The van der Waals surface area contributed by atoms with Crippen LogP contribution >= 0.6 is 11.8 Å². The Morgan fingerprint density at radius 2 is 2.14 bits per heavy atom. The Labute approximate surface area is 125 Å². The zero-order chi connectivity index (χ0) is 16.0. The summed E-state index contributed by atoms with van der Waals surface area (Å²) in [4.78, 5) is 33.4. The molecule has 0 saturated carbocycles. The average Bonchev–Trinajstić information content (AvgIpc) is 2.42. The van der Waals surface area contributed by atoms with Gasteiger partial charge in [0.2, 0.25) is 0 Å². The molecule has 1 amide bonds. The number of carboxylic acid groups (broad SMARTS) is 1. The number of nitro groups is 1. The van der Waals surface area contributed by atoms with E-state index in [2.05, 4.69) is 5.32 Å². The van der Waals surface area contributed by atoms with Crippen molar-refractivity contribution in [1.82, 2.24) is 5.32 Å². The molecule has 1 aromatic rings. The van der Waals surface area contributed by atoms with Crippen LogP contribution in [-0.4, -0.2) is 40.0 Å². The lowest BCUT2D eigenvalue weighted by Crippen LogP contribution is -2.41. The molecule has 0 aliphatic heterocycles. The second-order valence-electron chi connectivity index (χ2n) is 4.40. The molecule has 0 aliphatic carbocycles. The summed E-state index contributed by atoms with van der Waals surface area (Å²) >= 11 is 1.48. The molecule has 0 spiro atoms. The van der Waals surface area contributed by atoms with E-state index < -0.39 is 22.8 Å². The molecule has 114 valence electrons. The highest BCUT2D eigenvalue weighted by atomic mass is 32.2. The summed E-state index contributed by atoms with van der Waals surface area (Å²) in [6.07, 6.45) is 2.13. The highest BCUT2D eigenvalue weighted by Gasteiger charge is 2.22. The number of rotatable bonds is 7. The van der Waals surface area contributed by atoms with Gasteiger partial charge in [-0.15, -0.1) is 0 Å². The summed E-state index contributed by atoms with van der Waals surface area (Å²) in [5, 5.41) is 22.2. The zero-order valence-corrected chi connectivity index (χ0v) is 12.5. The summed E-state index contributed by atoms with van der Waals surface area (Å²) in [5.74, 6) is -1.16. The fourth-order valence-electron chi connectivity index (χ4n) is 1.70. The number of thioether (sulfide) groups is 1. The number of hydrogen-bond donors (Lipinski definition) is 2. The number of carbonyl (C=O) groups excluding carboxylic acids is 1. The summed E-state index contributed by atoms with van der Waals surface area (Å²) < 4.78 is 0. The number of nitro benzene ring substituents is 1. The Morgan fingerprint density at radius 1 is 1.48 bits per heavy atom. The molecule has 0 saturated heterocycles. The lowest BCUT2D eigenvalue weighted by molar-refractivity contribution is -0.384. The van der Waals surface area contributed by atoms with Crippen LogP contribution in [0.4, 0.5) is 5.69 Å². The molecule has 0 radical (unpaired) electrons. The van der Waals surface area contributed by atoms with E-state index in [0.29, 0.717) is 11.3 Å². The maximum atomic E-state index is 12.1. The molecule has 0 heterocycles. The van der Waals surface area contributed by atoms with Crippen LogP contribution in [0.15, 0.2) is 18.2 Å². The minimum atomic E-state index is -1.12. The first-order valence-corrected chi connectivity index (χ1v) is 7.54. The molecule has 1 aromatic carbocycles. The first-order chi connectivity index (χ1) is 9.86. The van der Waals surface area contributed by atoms with Crippen LogP contribution < -0.4 is 5.32 Å². The van der Waals surface area contributed by atoms with E-state index >= 15 is 0 Å². The molecule has 0 fully saturated rings. The van der Waals surface area contributed by atoms with Crippen molar-refractivity contribution in [3.05, 3.63) is 39.4 Å². The van der Waals surface area contributed by atoms with Gasteiger partial charge in [-0.05, 0) is 30.9 Å². The number of carbonyl (C=O) groups is 2. The smallest absolute Gasteiger partial charge is 0.326 e. The summed E-state index contributed by atoms with van der Waals surface area (Å²) in [6, 6.07) is 2.90. The number of aryl methyl sites for hydroxylation is 1. The molecule has 0 aromatic heterocycles. The first kappa shape index (κ1) is 17.0. The Bertz CT molecular complexity index is 561. The summed E-state index contributed by atoms with van der Waals surface area (Å²) in [6.45, 7) is 1.64. The lowest BCUT2D eigenvalue weighted by Gasteiger charge is -2.14. The predicted octanol–water partition coefficient (Wildman–Crippen LogP) is 1.84. The van der Waals surface area contributed by atoms with Gasteiger partial charge in [0, 0.05) is 17.7 Å². The largest absolute Gasteiger partial charge is 0.480 e. The van der Waals surface area contributed by atoms with Crippen LogP contribution in [0.2, 0.25) is 0 Å². The SMILES string of the molecule is CSCCC(NC(=O)c1cc([N+](=O)[O-])ccc1C)C(=O)O. The van der Waals surface area contributed by atoms with E-state index in [1.807, 2.05) is 6.26 Å². The van der Waals surface area contributed by atoms with Crippen LogP contribution in [0, 0.1) is 17.0 Å². The number of aliphatic carboxylic acids is 1. The Balaban J connectivity index is 2.94. The number of hydrogen-bond acceptors (Lipinski definition) is 5. The third-order valence-corrected chi connectivity index (χ3v) is 3.53. The van der Waals surface area contributed by atoms with Gasteiger partial charge in [0.1, 0.15) is 6.04 Å². The zero-order valence-electron chi connectivity index (χ0n) is 11.7. The molecule has 21 heavy (non-hydrogen) atoms.